The standard InChI is InChI=1S/C27H29N3O7S/c1-19(2)17-30(38(32,33)21-9-5-4-6-10-21)26-24(37-23-12-8-7-11-22(23)34-3)27(36-16-14-31)29-25(28-26)20-13-15-35-18-20/h4-13,15,18-19,31H,14,16-17H2,1-3H3. The number of aliphatic hydroxyl groups is 1. The van der Waals surface area contributed by atoms with E-state index < -0.39 is 10.0 Å². The molecule has 2 heterocycles. The van der Waals surface area contributed by atoms with Crippen LogP contribution in [-0.4, -0.2) is 50.4 Å². The van der Waals surface area contributed by atoms with Gasteiger partial charge in [0.1, 0.15) is 12.9 Å². The number of ether oxygens (including phenoxy) is 3. The third-order valence-electron chi connectivity index (χ3n) is 5.31. The first-order chi connectivity index (χ1) is 18.3. The lowest BCUT2D eigenvalue weighted by Crippen LogP contribution is -2.35. The molecular weight excluding hydrogens is 510 g/mol. The summed E-state index contributed by atoms with van der Waals surface area (Å²) in [4.78, 5) is 9.23. The molecule has 0 saturated carbocycles. The van der Waals surface area contributed by atoms with Gasteiger partial charge in [-0.15, -0.1) is 0 Å². The molecule has 0 spiro atoms. The van der Waals surface area contributed by atoms with Crippen molar-refractivity contribution in [3.63, 3.8) is 0 Å². The van der Waals surface area contributed by atoms with Crippen molar-refractivity contribution in [2.45, 2.75) is 18.7 Å². The number of furan rings is 1. The van der Waals surface area contributed by atoms with E-state index in [4.69, 9.17) is 18.6 Å². The predicted octanol–water partition coefficient (Wildman–Crippen LogP) is 4.76. The molecule has 0 radical (unpaired) electrons. The molecule has 38 heavy (non-hydrogen) atoms. The molecule has 11 heteroatoms. The predicted molar refractivity (Wildman–Crippen MR) is 141 cm³/mol. The zero-order chi connectivity index (χ0) is 27.1. The van der Waals surface area contributed by atoms with Crippen molar-refractivity contribution in [3.05, 3.63) is 73.2 Å². The van der Waals surface area contributed by atoms with Crippen LogP contribution in [0.4, 0.5) is 5.82 Å². The number of methoxy groups -OCH3 is 1. The number of rotatable bonds is 12. The van der Waals surface area contributed by atoms with Gasteiger partial charge in [0.2, 0.25) is 5.75 Å². The van der Waals surface area contributed by atoms with Crippen LogP contribution in [0.15, 0.2) is 82.5 Å². The summed E-state index contributed by atoms with van der Waals surface area (Å²) >= 11 is 0. The zero-order valence-electron chi connectivity index (χ0n) is 21.3. The maximum Gasteiger partial charge on any atom is 0.265 e. The van der Waals surface area contributed by atoms with Crippen LogP contribution in [0, 0.1) is 5.92 Å². The Morgan fingerprint density at radius 2 is 1.71 bits per heavy atom. The number of anilines is 1. The maximum absolute atomic E-state index is 14.0. The van der Waals surface area contributed by atoms with Gasteiger partial charge in [-0.2, -0.15) is 4.98 Å². The molecular formula is C27H29N3O7S. The van der Waals surface area contributed by atoms with Crippen LogP contribution in [0.25, 0.3) is 11.4 Å². The van der Waals surface area contributed by atoms with Crippen molar-refractivity contribution in [2.75, 3.05) is 31.2 Å². The van der Waals surface area contributed by atoms with Crippen LogP contribution in [-0.2, 0) is 10.0 Å². The van der Waals surface area contributed by atoms with Crippen LogP contribution in [0.1, 0.15) is 13.8 Å². The van der Waals surface area contributed by atoms with Gasteiger partial charge in [-0.25, -0.2) is 17.7 Å². The van der Waals surface area contributed by atoms with Crippen LogP contribution in [0.3, 0.4) is 0 Å². The molecule has 0 unspecified atom stereocenters. The van der Waals surface area contributed by atoms with E-state index >= 15 is 0 Å². The SMILES string of the molecule is COc1ccccc1Oc1c(OCCO)nc(-c2ccoc2)nc1N(CC(C)C)S(=O)(=O)c1ccccc1. The van der Waals surface area contributed by atoms with E-state index in [2.05, 4.69) is 9.97 Å². The molecule has 0 saturated heterocycles. The van der Waals surface area contributed by atoms with E-state index in [1.165, 1.54) is 36.1 Å². The Balaban J connectivity index is 2.00. The van der Waals surface area contributed by atoms with Crippen LogP contribution < -0.4 is 18.5 Å². The van der Waals surface area contributed by atoms with E-state index in [1.807, 2.05) is 13.8 Å². The fraction of sp³-hybridized carbons (Fsp3) is 0.259. The number of aliphatic hydroxyl groups excluding tert-OH is 1. The molecule has 4 aromatic rings. The summed E-state index contributed by atoms with van der Waals surface area (Å²) < 4.78 is 51.8. The summed E-state index contributed by atoms with van der Waals surface area (Å²) in [5, 5.41) is 9.47. The molecule has 4 rings (SSSR count). The van der Waals surface area contributed by atoms with Crippen molar-refractivity contribution in [3.8, 4) is 34.5 Å². The normalized spacial score (nSPS) is 11.4. The highest BCUT2D eigenvalue weighted by Crippen LogP contribution is 2.44. The van der Waals surface area contributed by atoms with Gasteiger partial charge in [0.05, 0.1) is 30.4 Å². The minimum Gasteiger partial charge on any atom is -0.493 e. The number of hydrogen-bond acceptors (Lipinski definition) is 9. The van der Waals surface area contributed by atoms with Gasteiger partial charge in [0.25, 0.3) is 15.9 Å². The minimum absolute atomic E-state index is 0.0346. The second-order valence-corrected chi connectivity index (χ2v) is 10.4. The van der Waals surface area contributed by atoms with Gasteiger partial charge >= 0.3 is 0 Å². The molecule has 10 nitrogen and oxygen atoms in total. The van der Waals surface area contributed by atoms with Gasteiger partial charge in [0.15, 0.2) is 23.1 Å². The third kappa shape index (κ3) is 5.90. The monoisotopic (exact) mass is 539 g/mol. The Labute approximate surface area is 221 Å². The molecule has 0 fully saturated rings. The van der Waals surface area contributed by atoms with Crippen molar-refractivity contribution < 1.29 is 32.2 Å². The van der Waals surface area contributed by atoms with Crippen molar-refractivity contribution >= 4 is 15.8 Å². The second kappa shape index (κ2) is 12.0. The third-order valence-corrected chi connectivity index (χ3v) is 7.08. The quantitative estimate of drug-likeness (QED) is 0.271. The molecule has 2 aromatic carbocycles. The van der Waals surface area contributed by atoms with Gasteiger partial charge in [-0.3, -0.25) is 0 Å². The first-order valence-electron chi connectivity index (χ1n) is 11.9. The van der Waals surface area contributed by atoms with E-state index in [-0.39, 0.29) is 53.8 Å². The van der Waals surface area contributed by atoms with Crippen molar-refractivity contribution in [1.29, 1.82) is 0 Å². The maximum atomic E-state index is 14.0. The summed E-state index contributed by atoms with van der Waals surface area (Å²) in [6.45, 7) is 3.47. The van der Waals surface area contributed by atoms with Crippen LogP contribution >= 0.6 is 0 Å². The molecule has 1 N–H and O–H groups in total. The highest BCUT2D eigenvalue weighted by molar-refractivity contribution is 7.92. The van der Waals surface area contributed by atoms with Gasteiger partial charge < -0.3 is 23.7 Å². The topological polar surface area (TPSA) is 124 Å². The van der Waals surface area contributed by atoms with E-state index in [0.717, 1.165) is 0 Å². The van der Waals surface area contributed by atoms with E-state index in [1.54, 1.807) is 48.5 Å². The molecule has 0 amide bonds. The first kappa shape index (κ1) is 27.0. The number of sulfonamides is 1. The summed E-state index contributed by atoms with van der Waals surface area (Å²) in [5.41, 5.74) is 0.505. The van der Waals surface area contributed by atoms with Gasteiger partial charge in [0, 0.05) is 6.54 Å². The highest BCUT2D eigenvalue weighted by atomic mass is 32.2. The van der Waals surface area contributed by atoms with Crippen LogP contribution in [0.2, 0.25) is 0 Å². The Hall–Kier alpha value is -4.09. The van der Waals surface area contributed by atoms with Gasteiger partial charge in [-0.1, -0.05) is 44.2 Å². The number of nitrogens with zero attached hydrogens (tertiary/aromatic N) is 3. The lowest BCUT2D eigenvalue weighted by atomic mass is 10.2. The van der Waals surface area contributed by atoms with Crippen molar-refractivity contribution in [1.82, 2.24) is 9.97 Å². The second-order valence-electron chi connectivity index (χ2n) is 8.59. The Morgan fingerprint density at radius 1 is 1.00 bits per heavy atom. The Morgan fingerprint density at radius 3 is 2.34 bits per heavy atom. The molecule has 0 aliphatic heterocycles. The molecule has 2 aromatic heterocycles. The molecule has 0 aliphatic rings. The molecule has 0 aliphatic carbocycles. The zero-order valence-corrected chi connectivity index (χ0v) is 22.1. The summed E-state index contributed by atoms with van der Waals surface area (Å²) in [6.07, 6.45) is 2.90. The molecule has 200 valence electrons. The number of para-hydroxylation sites is 2. The number of aromatic nitrogens is 2. The number of hydrogen-bond donors (Lipinski definition) is 1. The fourth-order valence-corrected chi connectivity index (χ4v) is 5.20. The van der Waals surface area contributed by atoms with Crippen molar-refractivity contribution in [2.24, 2.45) is 5.92 Å². The lowest BCUT2D eigenvalue weighted by Gasteiger charge is -2.28. The summed E-state index contributed by atoms with van der Waals surface area (Å²) in [5.74, 6) is 0.650. The first-order valence-corrected chi connectivity index (χ1v) is 13.4. The molecule has 0 bridgehead atoms. The Kier molecular flexibility index (Phi) is 8.49. The van der Waals surface area contributed by atoms with Gasteiger partial charge in [-0.05, 0) is 36.2 Å². The Bertz CT molecular complexity index is 1440. The lowest BCUT2D eigenvalue weighted by molar-refractivity contribution is 0.192. The number of benzene rings is 2. The van der Waals surface area contributed by atoms with Crippen LogP contribution in [0.5, 0.6) is 23.1 Å². The summed E-state index contributed by atoms with van der Waals surface area (Å²) in [7, 11) is -2.60. The average Bonchev–Trinajstić information content (AvgIpc) is 3.47. The average molecular weight is 540 g/mol. The fourth-order valence-electron chi connectivity index (χ4n) is 3.60. The minimum atomic E-state index is -4.10. The highest BCUT2D eigenvalue weighted by Gasteiger charge is 2.33. The summed E-state index contributed by atoms with van der Waals surface area (Å²) in [6, 6.07) is 16.6. The van der Waals surface area contributed by atoms with E-state index in [0.29, 0.717) is 17.1 Å². The largest absolute Gasteiger partial charge is 0.493 e. The van der Waals surface area contributed by atoms with E-state index in [9.17, 15) is 13.5 Å². The molecule has 0 atom stereocenters. The smallest absolute Gasteiger partial charge is 0.265 e.